The fourth-order valence-electron chi connectivity index (χ4n) is 5.06. The van der Waals surface area contributed by atoms with Gasteiger partial charge in [0.15, 0.2) is 0 Å². The first-order chi connectivity index (χ1) is 17.4. The number of carbonyl (C=O) groups excluding carboxylic acids is 3. The van der Waals surface area contributed by atoms with Crippen LogP contribution in [0.1, 0.15) is 65.5 Å². The van der Waals surface area contributed by atoms with Gasteiger partial charge in [0.25, 0.3) is 0 Å². The smallest absolute Gasteiger partial charge is 0.411 e. The molecule has 37 heavy (non-hydrogen) atoms. The van der Waals surface area contributed by atoms with E-state index < -0.39 is 40.5 Å². The molecule has 7 heteroatoms. The number of esters is 2. The second-order valence-corrected chi connectivity index (χ2v) is 11.2. The third-order valence-electron chi connectivity index (χ3n) is 7.15. The van der Waals surface area contributed by atoms with Crippen LogP contribution in [0.3, 0.4) is 0 Å². The highest BCUT2D eigenvalue weighted by atomic mass is 16.6. The molecular weight excluding hydrogens is 470 g/mol. The fourth-order valence-corrected chi connectivity index (χ4v) is 5.06. The zero-order valence-electron chi connectivity index (χ0n) is 22.8. The summed E-state index contributed by atoms with van der Waals surface area (Å²) in [6.07, 6.45) is 0.702. The second kappa shape index (κ2) is 11.4. The molecular formula is C30H39NO6. The topological polar surface area (TPSA) is 82.1 Å². The van der Waals surface area contributed by atoms with Crippen LogP contribution in [-0.2, 0) is 37.0 Å². The van der Waals surface area contributed by atoms with Crippen LogP contribution in [0.2, 0.25) is 0 Å². The molecule has 1 saturated heterocycles. The van der Waals surface area contributed by atoms with Crippen LogP contribution in [0.15, 0.2) is 60.7 Å². The summed E-state index contributed by atoms with van der Waals surface area (Å²) in [5.74, 6) is -1.20. The van der Waals surface area contributed by atoms with Gasteiger partial charge in [-0.1, -0.05) is 80.9 Å². The maximum absolute atomic E-state index is 13.9. The highest BCUT2D eigenvalue weighted by Gasteiger charge is 2.67. The van der Waals surface area contributed by atoms with Crippen molar-refractivity contribution < 1.29 is 28.6 Å². The zero-order chi connectivity index (χ0) is 27.3. The van der Waals surface area contributed by atoms with E-state index in [1.807, 2.05) is 74.5 Å². The molecule has 0 radical (unpaired) electrons. The average Bonchev–Trinajstić information content (AvgIpc) is 3.09. The van der Waals surface area contributed by atoms with Crippen LogP contribution < -0.4 is 0 Å². The highest BCUT2D eigenvalue weighted by Crippen LogP contribution is 2.54. The van der Waals surface area contributed by atoms with Crippen molar-refractivity contribution >= 4 is 18.0 Å². The van der Waals surface area contributed by atoms with Gasteiger partial charge >= 0.3 is 18.0 Å². The minimum absolute atomic E-state index is 0.0258. The Hall–Kier alpha value is -3.35. The first-order valence-electron chi connectivity index (χ1n) is 12.8. The number of hydrogen-bond donors (Lipinski definition) is 0. The average molecular weight is 510 g/mol. The number of ether oxygens (including phenoxy) is 3. The van der Waals surface area contributed by atoms with E-state index >= 15 is 0 Å². The highest BCUT2D eigenvalue weighted by molar-refractivity contribution is 5.92. The Morgan fingerprint density at radius 3 is 1.89 bits per heavy atom. The molecule has 0 aliphatic carbocycles. The van der Waals surface area contributed by atoms with Gasteiger partial charge in [0.05, 0.1) is 0 Å². The van der Waals surface area contributed by atoms with Crippen LogP contribution in [-0.4, -0.2) is 41.1 Å². The van der Waals surface area contributed by atoms with Gasteiger partial charge in [-0.25, -0.2) is 9.59 Å². The van der Waals surface area contributed by atoms with Crippen molar-refractivity contribution in [2.75, 3.05) is 6.54 Å². The molecule has 1 heterocycles. The van der Waals surface area contributed by atoms with Gasteiger partial charge in [-0.2, -0.15) is 0 Å². The number of hydrogen-bond acceptors (Lipinski definition) is 6. The SMILES string of the molecule is CCC[C@@]1(C)CN(C(=O)OC(C)(C)C)[C@H](C(=O)OCc2ccccc2)C1(C)C(=O)OCc1ccccc1. The van der Waals surface area contributed by atoms with Crippen molar-refractivity contribution in [3.63, 3.8) is 0 Å². The quantitative estimate of drug-likeness (QED) is 0.325. The molecule has 3 atom stereocenters. The van der Waals surface area contributed by atoms with Crippen LogP contribution in [0.25, 0.3) is 0 Å². The van der Waals surface area contributed by atoms with Crippen molar-refractivity contribution in [1.82, 2.24) is 4.90 Å². The Morgan fingerprint density at radius 2 is 1.41 bits per heavy atom. The molecule has 1 aliphatic heterocycles. The lowest BCUT2D eigenvalue weighted by Gasteiger charge is -2.40. The molecule has 1 aliphatic rings. The molecule has 200 valence electrons. The van der Waals surface area contributed by atoms with Gasteiger partial charge in [0.1, 0.15) is 30.3 Å². The third-order valence-corrected chi connectivity index (χ3v) is 7.15. The van der Waals surface area contributed by atoms with Crippen LogP contribution in [0, 0.1) is 10.8 Å². The maximum Gasteiger partial charge on any atom is 0.411 e. The monoisotopic (exact) mass is 509 g/mol. The summed E-state index contributed by atoms with van der Waals surface area (Å²) in [5.41, 5.74) is -1.24. The number of rotatable bonds is 8. The summed E-state index contributed by atoms with van der Waals surface area (Å²) >= 11 is 0. The molecule has 1 unspecified atom stereocenters. The van der Waals surface area contributed by atoms with Crippen LogP contribution >= 0.6 is 0 Å². The Labute approximate surface area is 220 Å². The summed E-state index contributed by atoms with van der Waals surface area (Å²) in [6.45, 7) is 11.2. The Balaban J connectivity index is 1.98. The maximum atomic E-state index is 13.9. The Morgan fingerprint density at radius 1 is 0.892 bits per heavy atom. The Bertz CT molecular complexity index is 1080. The van der Waals surface area contributed by atoms with E-state index in [9.17, 15) is 14.4 Å². The number of amides is 1. The zero-order valence-corrected chi connectivity index (χ0v) is 22.8. The van der Waals surface area contributed by atoms with Crippen molar-refractivity contribution in [3.05, 3.63) is 71.8 Å². The predicted molar refractivity (Wildman–Crippen MR) is 140 cm³/mol. The molecule has 7 nitrogen and oxygen atoms in total. The summed E-state index contributed by atoms with van der Waals surface area (Å²) in [6, 6.07) is 17.5. The van der Waals surface area contributed by atoms with E-state index in [-0.39, 0.29) is 19.8 Å². The summed E-state index contributed by atoms with van der Waals surface area (Å²) in [4.78, 5) is 42.3. The van der Waals surface area contributed by atoms with E-state index in [4.69, 9.17) is 14.2 Å². The van der Waals surface area contributed by atoms with Gasteiger partial charge in [0, 0.05) is 12.0 Å². The van der Waals surface area contributed by atoms with Crippen molar-refractivity contribution in [2.24, 2.45) is 10.8 Å². The fraction of sp³-hybridized carbons (Fsp3) is 0.500. The number of likely N-dealkylation sites (tertiary alicyclic amines) is 1. The second-order valence-electron chi connectivity index (χ2n) is 11.2. The summed E-state index contributed by atoms with van der Waals surface area (Å²) < 4.78 is 17.2. The molecule has 0 spiro atoms. The minimum atomic E-state index is -1.36. The van der Waals surface area contributed by atoms with Gasteiger partial charge in [-0.3, -0.25) is 9.69 Å². The molecule has 3 rings (SSSR count). The lowest BCUT2D eigenvalue weighted by Crippen LogP contribution is -2.54. The van der Waals surface area contributed by atoms with Crippen molar-refractivity contribution in [2.45, 2.75) is 79.2 Å². The minimum Gasteiger partial charge on any atom is -0.460 e. The summed E-state index contributed by atoms with van der Waals surface area (Å²) in [7, 11) is 0. The lowest BCUT2D eigenvalue weighted by atomic mass is 9.62. The summed E-state index contributed by atoms with van der Waals surface area (Å²) in [5, 5.41) is 0. The van der Waals surface area contributed by atoms with Crippen LogP contribution in [0.4, 0.5) is 4.79 Å². The predicted octanol–water partition coefficient (Wildman–Crippen LogP) is 5.91. The largest absolute Gasteiger partial charge is 0.460 e. The molecule has 0 bridgehead atoms. The van der Waals surface area contributed by atoms with Gasteiger partial charge < -0.3 is 14.2 Å². The normalized spacial score (nSPS) is 23.4. The van der Waals surface area contributed by atoms with E-state index in [1.165, 1.54) is 4.90 Å². The first-order valence-corrected chi connectivity index (χ1v) is 12.8. The standard InChI is InChI=1S/C30H39NO6/c1-7-18-29(5)21-31(27(34)37-28(2,3)4)24(25(32)35-19-22-14-10-8-11-15-22)30(29,6)26(33)36-20-23-16-12-9-13-17-23/h8-17,24H,7,18-21H2,1-6H3/t24-,29+,30?/m1/s1. The molecule has 2 aromatic carbocycles. The molecule has 0 saturated carbocycles. The third kappa shape index (κ3) is 6.32. The van der Waals surface area contributed by atoms with E-state index in [0.717, 1.165) is 17.5 Å². The van der Waals surface area contributed by atoms with E-state index in [1.54, 1.807) is 27.7 Å². The first kappa shape index (κ1) is 28.2. The number of benzene rings is 2. The van der Waals surface area contributed by atoms with Crippen molar-refractivity contribution in [3.8, 4) is 0 Å². The Kier molecular flexibility index (Phi) is 8.67. The molecule has 2 aromatic rings. The molecule has 0 aromatic heterocycles. The van der Waals surface area contributed by atoms with Gasteiger partial charge in [0.2, 0.25) is 0 Å². The van der Waals surface area contributed by atoms with Crippen molar-refractivity contribution in [1.29, 1.82) is 0 Å². The molecule has 0 N–H and O–H groups in total. The van der Waals surface area contributed by atoms with Gasteiger partial charge in [-0.15, -0.1) is 0 Å². The van der Waals surface area contributed by atoms with E-state index in [2.05, 4.69) is 0 Å². The van der Waals surface area contributed by atoms with Gasteiger partial charge in [-0.05, 0) is 45.2 Å². The lowest BCUT2D eigenvalue weighted by molar-refractivity contribution is -0.172. The molecule has 1 fully saturated rings. The van der Waals surface area contributed by atoms with E-state index in [0.29, 0.717) is 6.42 Å². The molecule has 1 amide bonds. The number of carbonyl (C=O) groups is 3. The van der Waals surface area contributed by atoms with Crippen LogP contribution in [0.5, 0.6) is 0 Å². The number of nitrogens with zero attached hydrogens (tertiary/aromatic N) is 1.